The molecule has 208 valence electrons. The molecule has 0 aromatic heterocycles. The molecule has 2 aromatic carbocycles. The Kier molecular flexibility index (Phi) is 13.5. The van der Waals surface area contributed by atoms with Gasteiger partial charge < -0.3 is 26.0 Å². The maximum absolute atomic E-state index is 13.4. The monoisotopic (exact) mass is 608 g/mol. The molecule has 3 rings (SSSR count). The van der Waals surface area contributed by atoms with E-state index in [2.05, 4.69) is 10.6 Å². The van der Waals surface area contributed by atoms with Gasteiger partial charge in [-0.1, -0.05) is 54.6 Å². The van der Waals surface area contributed by atoms with Gasteiger partial charge in [0.15, 0.2) is 9.84 Å². The zero-order chi connectivity index (χ0) is 26.5. The first kappa shape index (κ1) is 31.5. The van der Waals surface area contributed by atoms with E-state index >= 15 is 0 Å². The van der Waals surface area contributed by atoms with Gasteiger partial charge in [-0.2, -0.15) is 0 Å². The van der Waals surface area contributed by atoms with Crippen molar-refractivity contribution in [3.8, 4) is 0 Å². The number of halogens is 1. The molecule has 1 heterocycles. The van der Waals surface area contributed by atoms with Crippen molar-refractivity contribution in [3.63, 3.8) is 0 Å². The Morgan fingerprint density at radius 3 is 2.24 bits per heavy atom. The molecule has 2 atom stereocenters. The summed E-state index contributed by atoms with van der Waals surface area (Å²) in [5.41, 5.74) is 6.53. The molecule has 1 aliphatic heterocycles. The number of sulfone groups is 1. The lowest BCUT2D eigenvalue weighted by Crippen LogP contribution is -2.55. The van der Waals surface area contributed by atoms with Crippen LogP contribution in [0.25, 0.3) is 0 Å². The minimum Gasteiger partial charge on any atom is -0.378 e. The zero-order valence-electron chi connectivity index (χ0n) is 21.3. The van der Waals surface area contributed by atoms with E-state index in [1.807, 2.05) is 30.3 Å². The van der Waals surface area contributed by atoms with Gasteiger partial charge in [0.2, 0.25) is 5.91 Å². The van der Waals surface area contributed by atoms with Crippen LogP contribution in [0.15, 0.2) is 77.0 Å². The number of nitrogens with zero attached hydrogens (tertiary/aromatic N) is 1. The van der Waals surface area contributed by atoms with E-state index in [0.29, 0.717) is 52.1 Å². The number of carbonyl (C=O) groups is 2. The molecule has 1 saturated heterocycles. The highest BCUT2D eigenvalue weighted by atomic mass is 79.9. The van der Waals surface area contributed by atoms with Crippen LogP contribution in [-0.2, 0) is 25.8 Å². The molecule has 0 saturated carbocycles. The van der Waals surface area contributed by atoms with Crippen LogP contribution in [0.4, 0.5) is 4.79 Å². The molecule has 0 spiro atoms. The highest BCUT2D eigenvalue weighted by Gasteiger charge is 2.26. The molecule has 1 aliphatic rings. The van der Waals surface area contributed by atoms with E-state index in [-0.39, 0.29) is 33.8 Å². The summed E-state index contributed by atoms with van der Waals surface area (Å²) in [5, 5.41) is 6.94. The van der Waals surface area contributed by atoms with Crippen molar-refractivity contribution in [1.29, 1.82) is 0 Å². The van der Waals surface area contributed by atoms with Crippen molar-refractivity contribution in [2.24, 2.45) is 5.73 Å². The lowest BCUT2D eigenvalue weighted by Gasteiger charge is -2.29. The summed E-state index contributed by atoms with van der Waals surface area (Å²) in [4.78, 5) is 28.1. The molecule has 38 heavy (non-hydrogen) atoms. The number of morpholine rings is 1. The molecule has 0 aliphatic carbocycles. The van der Waals surface area contributed by atoms with Gasteiger partial charge in [-0.3, -0.25) is 4.79 Å². The summed E-state index contributed by atoms with van der Waals surface area (Å²) in [6, 6.07) is 15.8. The third-order valence-corrected chi connectivity index (χ3v) is 7.50. The predicted octanol–water partition coefficient (Wildman–Crippen LogP) is 2.82. The zero-order valence-corrected chi connectivity index (χ0v) is 23.9. The average molecular weight is 610 g/mol. The fourth-order valence-corrected chi connectivity index (χ4v) is 5.05. The topological polar surface area (TPSA) is 131 Å². The van der Waals surface area contributed by atoms with Gasteiger partial charge in [-0.15, -0.1) is 17.0 Å². The quantitative estimate of drug-likeness (QED) is 0.318. The van der Waals surface area contributed by atoms with E-state index < -0.39 is 21.9 Å². The van der Waals surface area contributed by atoms with Crippen LogP contribution < -0.4 is 16.4 Å². The first-order valence-corrected chi connectivity index (χ1v) is 14.1. The third kappa shape index (κ3) is 10.2. The second-order valence-electron chi connectivity index (χ2n) is 8.88. The summed E-state index contributed by atoms with van der Waals surface area (Å²) in [5.74, 6) is -0.384. The summed E-state index contributed by atoms with van der Waals surface area (Å²) >= 11 is 0. The average Bonchev–Trinajstić information content (AvgIpc) is 2.93. The Bertz CT molecular complexity index is 1130. The lowest BCUT2D eigenvalue weighted by molar-refractivity contribution is -0.123. The van der Waals surface area contributed by atoms with Crippen molar-refractivity contribution in [2.45, 2.75) is 42.7 Å². The van der Waals surface area contributed by atoms with Gasteiger partial charge in [0.1, 0.15) is 6.04 Å². The Morgan fingerprint density at radius 1 is 0.974 bits per heavy atom. The number of unbranched alkanes of at least 4 members (excludes halogenated alkanes) is 1. The van der Waals surface area contributed by atoms with Crippen molar-refractivity contribution in [1.82, 2.24) is 15.5 Å². The Balaban J connectivity index is 0.00000507. The number of nitrogens with one attached hydrogen (secondary N) is 2. The maximum atomic E-state index is 13.4. The Morgan fingerprint density at radius 2 is 1.61 bits per heavy atom. The van der Waals surface area contributed by atoms with Gasteiger partial charge in [-0.25, -0.2) is 13.2 Å². The highest BCUT2D eigenvalue weighted by Crippen LogP contribution is 2.13. The van der Waals surface area contributed by atoms with Crippen molar-refractivity contribution >= 4 is 38.8 Å². The number of rotatable bonds is 12. The van der Waals surface area contributed by atoms with Crippen molar-refractivity contribution in [2.75, 3.05) is 32.8 Å². The molecule has 0 bridgehead atoms. The van der Waals surface area contributed by atoms with Crippen molar-refractivity contribution in [3.05, 3.63) is 77.7 Å². The smallest absolute Gasteiger partial charge is 0.318 e. The summed E-state index contributed by atoms with van der Waals surface area (Å²) in [6.45, 7) is 2.30. The lowest BCUT2D eigenvalue weighted by atomic mass is 10.0. The van der Waals surface area contributed by atoms with Crippen molar-refractivity contribution < 1.29 is 22.7 Å². The first-order chi connectivity index (χ1) is 17.9. The number of hydrogen-bond donors (Lipinski definition) is 3. The van der Waals surface area contributed by atoms with Gasteiger partial charge in [0, 0.05) is 31.0 Å². The van der Waals surface area contributed by atoms with E-state index in [4.69, 9.17) is 10.5 Å². The minimum atomic E-state index is -3.67. The fourth-order valence-electron chi connectivity index (χ4n) is 3.96. The second-order valence-corrected chi connectivity index (χ2v) is 10.7. The van der Waals surface area contributed by atoms with E-state index in [1.165, 1.54) is 18.2 Å². The minimum absolute atomic E-state index is 0. The number of carbonyl (C=O) groups excluding carboxylic acids is 2. The standard InChI is InChI=1S/C27H36N4O5S.BrH/c28-15-8-7-11-23(14-20-37(34,35)24-12-5-2-6-13-24)29-26(32)25(21-22-9-3-1-4-10-22)30-27(33)31-16-18-36-19-17-31;/h1-6,9-10,12-14,20,23,25H,7-8,11,15-19,21,28H2,(H,29,32)(H,30,33);1H/b20-14+;/t23-,25?;/m0./s1. The molecule has 11 heteroatoms. The highest BCUT2D eigenvalue weighted by molar-refractivity contribution is 8.93. The fraction of sp³-hybridized carbons (Fsp3) is 0.407. The third-order valence-electron chi connectivity index (χ3n) is 6.05. The van der Waals surface area contributed by atoms with E-state index in [9.17, 15) is 18.0 Å². The molecule has 1 unspecified atom stereocenters. The molecule has 0 radical (unpaired) electrons. The molecule has 2 aromatic rings. The predicted molar refractivity (Wildman–Crippen MR) is 153 cm³/mol. The second kappa shape index (κ2) is 16.3. The normalized spacial score (nSPS) is 15.3. The summed E-state index contributed by atoms with van der Waals surface area (Å²) in [6.07, 6.45) is 3.76. The molecular formula is C27H37BrN4O5S. The van der Waals surface area contributed by atoms with E-state index in [0.717, 1.165) is 17.4 Å². The van der Waals surface area contributed by atoms with Crippen LogP contribution >= 0.6 is 17.0 Å². The number of nitrogens with two attached hydrogens (primary N) is 1. The summed E-state index contributed by atoms with van der Waals surface area (Å²) < 4.78 is 30.8. The van der Waals surface area contributed by atoms with Crippen LogP contribution in [0.2, 0.25) is 0 Å². The molecular weight excluding hydrogens is 572 g/mol. The summed E-state index contributed by atoms with van der Waals surface area (Å²) in [7, 11) is -3.67. The Labute approximate surface area is 235 Å². The number of amides is 3. The van der Waals surface area contributed by atoms with Crippen LogP contribution in [0.3, 0.4) is 0 Å². The molecule has 9 nitrogen and oxygen atoms in total. The van der Waals surface area contributed by atoms with Crippen LogP contribution in [0, 0.1) is 0 Å². The number of benzene rings is 2. The Hall–Kier alpha value is -2.73. The van der Waals surface area contributed by atoms with Crippen LogP contribution in [0.5, 0.6) is 0 Å². The van der Waals surface area contributed by atoms with Crippen LogP contribution in [0.1, 0.15) is 24.8 Å². The van der Waals surface area contributed by atoms with E-state index in [1.54, 1.807) is 23.1 Å². The largest absolute Gasteiger partial charge is 0.378 e. The molecule has 4 N–H and O–H groups in total. The molecule has 3 amide bonds. The van der Waals surface area contributed by atoms with Gasteiger partial charge in [0.25, 0.3) is 0 Å². The SMILES string of the molecule is Br.NCCCC[C@@H](/C=C/S(=O)(=O)c1ccccc1)NC(=O)C(Cc1ccccc1)NC(=O)N1CCOCC1. The van der Waals surface area contributed by atoms with Gasteiger partial charge in [-0.05, 0) is 43.5 Å². The number of ether oxygens (including phenoxy) is 1. The van der Waals surface area contributed by atoms with Crippen LogP contribution in [-0.4, -0.2) is 70.2 Å². The van der Waals surface area contributed by atoms with Gasteiger partial charge in [0.05, 0.1) is 18.1 Å². The maximum Gasteiger partial charge on any atom is 0.318 e. The number of hydrogen-bond acceptors (Lipinski definition) is 6. The van der Waals surface area contributed by atoms with Gasteiger partial charge >= 0.3 is 6.03 Å². The molecule has 1 fully saturated rings. The first-order valence-electron chi connectivity index (χ1n) is 12.5. The number of urea groups is 1.